The summed E-state index contributed by atoms with van der Waals surface area (Å²) in [5.41, 5.74) is 1.65. The molecule has 2 aromatic rings. The quantitative estimate of drug-likeness (QED) is 0.818. The van der Waals surface area contributed by atoms with Crippen LogP contribution in [0.15, 0.2) is 54.7 Å². The van der Waals surface area contributed by atoms with E-state index in [-0.39, 0.29) is 24.3 Å². The minimum absolute atomic E-state index is 0.128. The molecule has 112 valence electrons. The number of imide groups is 1. The normalized spacial score (nSPS) is 18.0. The van der Waals surface area contributed by atoms with E-state index in [9.17, 15) is 9.59 Å². The van der Waals surface area contributed by atoms with E-state index in [2.05, 4.69) is 4.98 Å². The molecule has 0 aliphatic carbocycles. The van der Waals surface area contributed by atoms with Gasteiger partial charge in [-0.15, -0.1) is 0 Å². The number of carbonyl (C=O) groups is 2. The van der Waals surface area contributed by atoms with Gasteiger partial charge in [-0.25, -0.2) is 4.90 Å². The maximum atomic E-state index is 12.4. The minimum atomic E-state index is -0.323. The Bertz CT molecular complexity index is 658. The zero-order valence-electron chi connectivity index (χ0n) is 12.2. The fourth-order valence-electron chi connectivity index (χ4n) is 2.67. The number of pyridine rings is 1. The number of nitrogens with two attached hydrogens (primary N) is 1. The highest BCUT2D eigenvalue weighted by atomic mass is 16.2. The molecule has 0 spiro atoms. The van der Waals surface area contributed by atoms with Crippen LogP contribution >= 0.6 is 0 Å². The first-order valence-electron chi connectivity index (χ1n) is 7.41. The molecule has 1 fully saturated rings. The maximum absolute atomic E-state index is 12.4. The number of benzene rings is 1. The number of aromatic nitrogens is 1. The predicted molar refractivity (Wildman–Crippen MR) is 82.1 cm³/mol. The molecule has 1 saturated heterocycles. The standard InChI is InChI=1S/C17H17N3O2/c21-16-12-15(19-11-9-13-6-4-5-10-18-13)17(22)20(16)14-7-2-1-3-8-14/h1-8,10,15,19H,9,11-12H2/p+1/t15-/m0/s1. The van der Waals surface area contributed by atoms with Gasteiger partial charge in [0.25, 0.3) is 5.91 Å². The van der Waals surface area contributed by atoms with Crippen molar-refractivity contribution in [3.63, 3.8) is 0 Å². The van der Waals surface area contributed by atoms with Crippen LogP contribution in [0.3, 0.4) is 0 Å². The fraction of sp³-hybridized carbons (Fsp3) is 0.235. The number of anilines is 1. The minimum Gasteiger partial charge on any atom is -0.335 e. The first-order chi connectivity index (χ1) is 10.8. The van der Waals surface area contributed by atoms with Crippen LogP contribution in [0.2, 0.25) is 0 Å². The summed E-state index contributed by atoms with van der Waals surface area (Å²) >= 11 is 0. The van der Waals surface area contributed by atoms with Crippen molar-refractivity contribution in [2.45, 2.75) is 18.9 Å². The van der Waals surface area contributed by atoms with Crippen molar-refractivity contribution < 1.29 is 14.9 Å². The van der Waals surface area contributed by atoms with Crippen molar-refractivity contribution in [3.05, 3.63) is 60.4 Å². The van der Waals surface area contributed by atoms with E-state index in [0.717, 1.165) is 18.7 Å². The van der Waals surface area contributed by atoms with Crippen LogP contribution in [-0.2, 0) is 16.0 Å². The van der Waals surface area contributed by atoms with Gasteiger partial charge in [0.2, 0.25) is 5.91 Å². The number of rotatable bonds is 5. The molecule has 0 radical (unpaired) electrons. The summed E-state index contributed by atoms with van der Waals surface area (Å²) < 4.78 is 0. The Hall–Kier alpha value is -2.53. The molecule has 2 heterocycles. The van der Waals surface area contributed by atoms with Crippen LogP contribution in [-0.4, -0.2) is 29.4 Å². The third kappa shape index (κ3) is 3.04. The van der Waals surface area contributed by atoms with E-state index >= 15 is 0 Å². The second-order valence-corrected chi connectivity index (χ2v) is 5.31. The Morgan fingerprint density at radius 1 is 1.09 bits per heavy atom. The van der Waals surface area contributed by atoms with Crippen molar-refractivity contribution in [1.29, 1.82) is 0 Å². The largest absolute Gasteiger partial charge is 0.335 e. The third-order valence-electron chi connectivity index (χ3n) is 3.77. The molecule has 0 saturated carbocycles. The number of para-hydroxylation sites is 1. The Morgan fingerprint density at radius 2 is 1.86 bits per heavy atom. The Morgan fingerprint density at radius 3 is 2.59 bits per heavy atom. The van der Waals surface area contributed by atoms with E-state index in [1.807, 2.05) is 41.7 Å². The topological polar surface area (TPSA) is 66.9 Å². The van der Waals surface area contributed by atoms with Gasteiger partial charge in [-0.05, 0) is 24.3 Å². The van der Waals surface area contributed by atoms with Crippen LogP contribution in [0.1, 0.15) is 12.1 Å². The van der Waals surface area contributed by atoms with Crippen molar-refractivity contribution in [2.24, 2.45) is 0 Å². The summed E-state index contributed by atoms with van der Waals surface area (Å²) in [6.07, 6.45) is 2.80. The summed E-state index contributed by atoms with van der Waals surface area (Å²) in [4.78, 5) is 30.1. The number of hydrogen-bond donors (Lipinski definition) is 1. The van der Waals surface area contributed by atoms with Gasteiger partial charge in [0.05, 0.1) is 18.7 Å². The third-order valence-corrected chi connectivity index (χ3v) is 3.77. The SMILES string of the molecule is O=C1C[C@H]([NH2+]CCc2ccccn2)C(=O)N1c1ccccc1. The van der Waals surface area contributed by atoms with Crippen molar-refractivity contribution >= 4 is 17.5 Å². The predicted octanol–water partition coefficient (Wildman–Crippen LogP) is 0.520. The second-order valence-electron chi connectivity index (χ2n) is 5.31. The van der Waals surface area contributed by atoms with Gasteiger partial charge in [-0.3, -0.25) is 14.6 Å². The first-order valence-corrected chi connectivity index (χ1v) is 7.41. The molecule has 1 aromatic carbocycles. The number of hydrogen-bond acceptors (Lipinski definition) is 3. The van der Waals surface area contributed by atoms with Gasteiger partial charge >= 0.3 is 0 Å². The smallest absolute Gasteiger partial charge is 0.292 e. The van der Waals surface area contributed by atoms with E-state index < -0.39 is 0 Å². The maximum Gasteiger partial charge on any atom is 0.292 e. The van der Waals surface area contributed by atoms with Crippen LogP contribution in [0, 0.1) is 0 Å². The van der Waals surface area contributed by atoms with E-state index in [0.29, 0.717) is 5.69 Å². The zero-order chi connectivity index (χ0) is 15.4. The molecular formula is C17H18N3O2+. The highest BCUT2D eigenvalue weighted by Crippen LogP contribution is 2.20. The van der Waals surface area contributed by atoms with Gasteiger partial charge in [-0.2, -0.15) is 0 Å². The van der Waals surface area contributed by atoms with Crippen molar-refractivity contribution in [3.8, 4) is 0 Å². The van der Waals surface area contributed by atoms with Gasteiger partial charge < -0.3 is 5.32 Å². The van der Waals surface area contributed by atoms with Gasteiger partial charge in [-0.1, -0.05) is 24.3 Å². The average Bonchev–Trinajstić information content (AvgIpc) is 2.83. The van der Waals surface area contributed by atoms with Crippen LogP contribution in [0.4, 0.5) is 5.69 Å². The highest BCUT2D eigenvalue weighted by Gasteiger charge is 2.41. The van der Waals surface area contributed by atoms with E-state index in [1.54, 1.807) is 18.3 Å². The lowest BCUT2D eigenvalue weighted by molar-refractivity contribution is -0.674. The molecule has 1 aliphatic heterocycles. The first kappa shape index (κ1) is 14.4. The Labute approximate surface area is 129 Å². The molecule has 0 unspecified atom stereocenters. The Balaban J connectivity index is 1.60. The summed E-state index contributed by atoms with van der Waals surface area (Å²) in [6.45, 7) is 0.739. The monoisotopic (exact) mass is 296 g/mol. The molecule has 1 aromatic heterocycles. The Kier molecular flexibility index (Phi) is 4.25. The molecule has 2 amide bonds. The summed E-state index contributed by atoms with van der Waals surface area (Å²) in [5.74, 6) is -0.257. The van der Waals surface area contributed by atoms with Crippen molar-refractivity contribution in [2.75, 3.05) is 11.4 Å². The van der Waals surface area contributed by atoms with Crippen LogP contribution in [0.25, 0.3) is 0 Å². The summed E-state index contributed by atoms with van der Waals surface area (Å²) in [7, 11) is 0. The average molecular weight is 296 g/mol. The number of quaternary nitrogens is 1. The van der Waals surface area contributed by atoms with E-state index in [4.69, 9.17) is 0 Å². The molecule has 5 nitrogen and oxygen atoms in total. The van der Waals surface area contributed by atoms with Gasteiger partial charge in [0.15, 0.2) is 6.04 Å². The van der Waals surface area contributed by atoms with Crippen molar-refractivity contribution in [1.82, 2.24) is 4.98 Å². The highest BCUT2D eigenvalue weighted by molar-refractivity contribution is 6.21. The molecular weight excluding hydrogens is 278 g/mol. The van der Waals surface area contributed by atoms with Crippen LogP contribution in [0.5, 0.6) is 0 Å². The lowest BCUT2D eigenvalue weighted by Crippen LogP contribution is -2.92. The summed E-state index contributed by atoms with van der Waals surface area (Å²) in [6, 6.07) is 14.6. The van der Waals surface area contributed by atoms with Crippen LogP contribution < -0.4 is 10.2 Å². The summed E-state index contributed by atoms with van der Waals surface area (Å²) in [5, 5.41) is 1.94. The lowest BCUT2D eigenvalue weighted by Gasteiger charge is -2.13. The second kappa shape index (κ2) is 6.49. The fourth-order valence-corrected chi connectivity index (χ4v) is 2.67. The van der Waals surface area contributed by atoms with Gasteiger partial charge in [0.1, 0.15) is 0 Å². The molecule has 1 atom stereocenters. The number of amides is 2. The zero-order valence-corrected chi connectivity index (χ0v) is 12.2. The molecule has 0 bridgehead atoms. The molecule has 22 heavy (non-hydrogen) atoms. The van der Waals surface area contributed by atoms with E-state index in [1.165, 1.54) is 4.90 Å². The molecule has 2 N–H and O–H groups in total. The molecule has 5 heteroatoms. The van der Waals surface area contributed by atoms with Gasteiger partial charge in [0, 0.05) is 18.3 Å². The lowest BCUT2D eigenvalue weighted by atomic mass is 10.2. The number of carbonyl (C=O) groups excluding carboxylic acids is 2. The number of nitrogens with zero attached hydrogens (tertiary/aromatic N) is 2. The molecule has 1 aliphatic rings. The molecule has 3 rings (SSSR count).